The van der Waals surface area contributed by atoms with Gasteiger partial charge in [-0.15, -0.1) is 6.58 Å². The van der Waals surface area contributed by atoms with E-state index in [-0.39, 0.29) is 12.1 Å². The Morgan fingerprint density at radius 1 is 0.767 bits per heavy atom. The average Bonchev–Trinajstić information content (AvgIpc) is 3.17. The minimum Gasteiger partial charge on any atom is -0.496 e. The molecule has 6 rings (SSSR count). The van der Waals surface area contributed by atoms with Crippen molar-refractivity contribution in [1.29, 1.82) is 0 Å². The van der Waals surface area contributed by atoms with Crippen LogP contribution in [0.3, 0.4) is 0 Å². The number of methoxy groups -OCH3 is 2. The second-order valence-electron chi connectivity index (χ2n) is 16.9. The number of amides is 1. The lowest BCUT2D eigenvalue weighted by atomic mass is 9.85. The lowest BCUT2D eigenvalue weighted by Crippen LogP contribution is -2.50. The summed E-state index contributed by atoms with van der Waals surface area (Å²) >= 11 is 0. The zero-order valence-corrected chi connectivity index (χ0v) is 37.5. The summed E-state index contributed by atoms with van der Waals surface area (Å²) in [4.78, 5) is 14.9. The second kappa shape index (κ2) is 18.9. The predicted molar refractivity (Wildman–Crippen MR) is 244 cm³/mol. The molecule has 2 heterocycles. The number of hydrogen-bond donors (Lipinski definition) is 1. The molecule has 60 heavy (non-hydrogen) atoms. The minimum absolute atomic E-state index is 0.00547. The van der Waals surface area contributed by atoms with Crippen molar-refractivity contribution in [2.45, 2.75) is 78.0 Å². The second-order valence-corrected chi connectivity index (χ2v) is 18.6. The molecule has 0 atom stereocenters. The van der Waals surface area contributed by atoms with Crippen molar-refractivity contribution in [2.75, 3.05) is 50.5 Å². The molecule has 0 aromatic heterocycles. The molecule has 0 saturated carbocycles. The Balaban J connectivity index is 0.000000236. The summed E-state index contributed by atoms with van der Waals surface area (Å²) < 4.78 is 50.4. The molecule has 0 radical (unpaired) electrons. The lowest BCUT2D eigenvalue weighted by molar-refractivity contribution is 0.0556. The summed E-state index contributed by atoms with van der Waals surface area (Å²) in [6.45, 7) is 18.7. The van der Waals surface area contributed by atoms with Crippen molar-refractivity contribution < 1.29 is 36.3 Å². The smallest absolute Gasteiger partial charge is 0.415 e. The number of benzene rings is 4. The van der Waals surface area contributed by atoms with Gasteiger partial charge in [0.15, 0.2) is 0 Å². The Bertz CT molecular complexity index is 2350. The van der Waals surface area contributed by atoms with E-state index in [1.807, 2.05) is 101 Å². The standard InChI is InChI=1S/C26H33NO6S.C23H27NO2/c1-25(2,3)33-24(28)27-22-13-12-18(20-10-8-9-11-23(20)31-6)16-21(22)19(17-26(27,4)5)14-15-32-34(7,29)30;1-5-13-26-14-12-18-16-23(2,3)24-21-11-10-17(15-20(18)21)19-8-6-7-9-22(19)25-4/h8-13,16-17H,14-15H2,1-7H3;5-11,15-16,24H,1,12-14H2,2-4H3. The van der Waals surface area contributed by atoms with Gasteiger partial charge in [0.25, 0.3) is 10.1 Å². The van der Waals surface area contributed by atoms with E-state index in [2.05, 4.69) is 56.1 Å². The number of fused-ring (bicyclic) bond motifs is 2. The van der Waals surface area contributed by atoms with Gasteiger partial charge in [-0.25, -0.2) is 4.79 Å². The maximum atomic E-state index is 13.3. The molecule has 320 valence electrons. The zero-order chi connectivity index (χ0) is 43.9. The van der Waals surface area contributed by atoms with Crippen LogP contribution in [0.5, 0.6) is 11.5 Å². The molecule has 11 heteroatoms. The molecule has 1 N–H and O–H groups in total. The Hall–Kier alpha value is -5.36. The van der Waals surface area contributed by atoms with Crippen LogP contribution in [0.1, 0.15) is 72.4 Å². The Morgan fingerprint density at radius 3 is 1.88 bits per heavy atom. The summed E-state index contributed by atoms with van der Waals surface area (Å²) in [5.74, 6) is 1.62. The zero-order valence-electron chi connectivity index (χ0n) is 36.7. The molecule has 0 aliphatic carbocycles. The van der Waals surface area contributed by atoms with Gasteiger partial charge in [-0.1, -0.05) is 66.8 Å². The van der Waals surface area contributed by atoms with Crippen LogP contribution in [0.4, 0.5) is 16.2 Å². The quantitative estimate of drug-likeness (QED) is 0.0799. The molecular formula is C49H60N2O8S. The van der Waals surface area contributed by atoms with E-state index in [0.29, 0.717) is 25.3 Å². The highest BCUT2D eigenvalue weighted by atomic mass is 32.2. The average molecular weight is 837 g/mol. The number of nitrogens with zero attached hydrogens (tertiary/aromatic N) is 1. The van der Waals surface area contributed by atoms with Crippen molar-refractivity contribution in [3.8, 4) is 33.8 Å². The molecule has 4 aromatic carbocycles. The van der Waals surface area contributed by atoms with Crippen LogP contribution in [0.15, 0.2) is 110 Å². The number of nitrogens with one attached hydrogen (secondary N) is 1. The molecule has 2 aliphatic heterocycles. The van der Waals surface area contributed by atoms with Gasteiger partial charge in [0.2, 0.25) is 0 Å². The first-order chi connectivity index (χ1) is 28.3. The van der Waals surface area contributed by atoms with Gasteiger partial charge >= 0.3 is 6.09 Å². The summed E-state index contributed by atoms with van der Waals surface area (Å²) in [6, 6.07) is 28.2. The number of ether oxygens (including phenoxy) is 4. The minimum atomic E-state index is -3.56. The molecule has 0 bridgehead atoms. The molecule has 0 unspecified atom stereocenters. The molecule has 4 aromatic rings. The Morgan fingerprint density at radius 2 is 1.32 bits per heavy atom. The van der Waals surface area contributed by atoms with E-state index in [9.17, 15) is 13.2 Å². The third-order valence-corrected chi connectivity index (χ3v) is 10.5. The van der Waals surface area contributed by atoms with E-state index in [4.69, 9.17) is 23.1 Å². The van der Waals surface area contributed by atoms with Crippen LogP contribution in [0, 0.1) is 0 Å². The van der Waals surface area contributed by atoms with Crippen molar-refractivity contribution in [3.05, 3.63) is 121 Å². The van der Waals surface area contributed by atoms with E-state index in [1.165, 1.54) is 11.1 Å². The third-order valence-electron chi connectivity index (χ3n) is 9.88. The molecule has 0 fully saturated rings. The molecule has 2 aliphatic rings. The van der Waals surface area contributed by atoms with Gasteiger partial charge in [-0.2, -0.15) is 8.42 Å². The monoisotopic (exact) mass is 836 g/mol. The predicted octanol–water partition coefficient (Wildman–Crippen LogP) is 11.2. The van der Waals surface area contributed by atoms with Crippen LogP contribution in [0.25, 0.3) is 33.4 Å². The van der Waals surface area contributed by atoms with Crippen molar-refractivity contribution >= 4 is 38.7 Å². The fourth-order valence-electron chi connectivity index (χ4n) is 7.49. The maximum absolute atomic E-state index is 13.3. The van der Waals surface area contributed by atoms with Gasteiger partial charge in [0.1, 0.15) is 17.1 Å². The first-order valence-corrected chi connectivity index (χ1v) is 21.9. The Kier molecular flexibility index (Phi) is 14.4. The van der Waals surface area contributed by atoms with Gasteiger partial charge in [-0.3, -0.25) is 9.08 Å². The SMILES string of the molecule is C=CCOCCC1=CC(C)(C)Nc2ccc(-c3ccccc3OC)cc21.COc1ccccc1-c1ccc2c(c1)C(CCOS(C)(=O)=O)=CC(C)(C)N2C(=O)OC(C)(C)C. The molecule has 0 spiro atoms. The van der Waals surface area contributed by atoms with Crippen molar-refractivity contribution in [3.63, 3.8) is 0 Å². The fraction of sp³-hybridized carbons (Fsp3) is 0.367. The normalized spacial score (nSPS) is 15.1. The molecule has 10 nitrogen and oxygen atoms in total. The summed E-state index contributed by atoms with van der Waals surface area (Å²) in [5.41, 5.74) is 8.73. The van der Waals surface area contributed by atoms with Gasteiger partial charge in [-0.05, 0) is 120 Å². The summed E-state index contributed by atoms with van der Waals surface area (Å²) in [6.07, 6.45) is 7.88. The largest absolute Gasteiger partial charge is 0.496 e. The third kappa shape index (κ3) is 11.7. The highest BCUT2D eigenvalue weighted by Crippen LogP contribution is 2.44. The maximum Gasteiger partial charge on any atom is 0.415 e. The summed E-state index contributed by atoms with van der Waals surface area (Å²) in [7, 11) is -0.229. The molecule has 0 saturated heterocycles. The topological polar surface area (TPSA) is 113 Å². The van der Waals surface area contributed by atoms with Gasteiger partial charge in [0, 0.05) is 27.9 Å². The summed E-state index contributed by atoms with van der Waals surface area (Å²) in [5, 5.41) is 3.61. The van der Waals surface area contributed by atoms with Crippen LogP contribution in [-0.4, -0.2) is 71.5 Å². The van der Waals surface area contributed by atoms with E-state index >= 15 is 0 Å². The fourth-order valence-corrected chi connectivity index (χ4v) is 7.88. The number of hydrogen-bond acceptors (Lipinski definition) is 9. The van der Waals surface area contributed by atoms with Crippen molar-refractivity contribution in [2.24, 2.45) is 0 Å². The van der Waals surface area contributed by atoms with Gasteiger partial charge < -0.3 is 24.3 Å². The molecular weight excluding hydrogens is 777 g/mol. The van der Waals surface area contributed by atoms with E-state index in [0.717, 1.165) is 63.3 Å². The number of rotatable bonds is 13. The highest BCUT2D eigenvalue weighted by Gasteiger charge is 2.39. The van der Waals surface area contributed by atoms with Crippen LogP contribution in [0.2, 0.25) is 0 Å². The van der Waals surface area contributed by atoms with Crippen molar-refractivity contribution in [1.82, 2.24) is 0 Å². The first-order valence-electron chi connectivity index (χ1n) is 20.1. The number of anilines is 2. The number of carbonyl (C=O) groups is 1. The lowest BCUT2D eigenvalue weighted by Gasteiger charge is -2.42. The van der Waals surface area contributed by atoms with Gasteiger partial charge in [0.05, 0.1) is 57.1 Å². The highest BCUT2D eigenvalue weighted by molar-refractivity contribution is 7.85. The number of carbonyl (C=O) groups excluding carboxylic acids is 1. The molecule has 1 amide bonds. The number of para-hydroxylation sites is 2. The van der Waals surface area contributed by atoms with Crippen LogP contribution in [-0.2, 0) is 23.8 Å². The van der Waals surface area contributed by atoms with E-state index < -0.39 is 27.4 Å². The van der Waals surface area contributed by atoms with E-state index in [1.54, 1.807) is 25.2 Å². The Labute approximate surface area is 357 Å². The van der Waals surface area contributed by atoms with Crippen LogP contribution >= 0.6 is 0 Å². The first kappa shape index (κ1) is 45.7. The van der Waals surface area contributed by atoms with Crippen LogP contribution < -0.4 is 19.7 Å².